The summed E-state index contributed by atoms with van der Waals surface area (Å²) in [4.78, 5) is 13.2. The number of nitrogens with one attached hydrogen (secondary N) is 1. The normalized spacial score (nSPS) is 14.3. The summed E-state index contributed by atoms with van der Waals surface area (Å²) in [5, 5.41) is 10.3. The summed E-state index contributed by atoms with van der Waals surface area (Å²) in [6.45, 7) is 1.89. The summed E-state index contributed by atoms with van der Waals surface area (Å²) in [6, 6.07) is 6.07. The topological polar surface area (TPSA) is 71.5 Å². The maximum atomic E-state index is 10.6. The fourth-order valence-electron chi connectivity index (χ4n) is 1.48. The van der Waals surface area contributed by atoms with E-state index in [2.05, 4.69) is 16.4 Å². The molecule has 5 nitrogen and oxygen atoms in total. The second-order valence-electron chi connectivity index (χ2n) is 4.16. The van der Waals surface area contributed by atoms with E-state index in [1.165, 1.54) is 4.70 Å². The van der Waals surface area contributed by atoms with Crippen molar-refractivity contribution in [2.24, 2.45) is 0 Å². The summed E-state index contributed by atoms with van der Waals surface area (Å²) >= 11 is 1.65. The van der Waals surface area contributed by atoms with Gasteiger partial charge in [0.15, 0.2) is 0 Å². The van der Waals surface area contributed by atoms with Crippen molar-refractivity contribution in [3.8, 4) is 5.75 Å². The molecule has 0 aliphatic carbocycles. The molecule has 1 aliphatic heterocycles. The van der Waals surface area contributed by atoms with Crippen molar-refractivity contribution in [1.29, 1.82) is 0 Å². The van der Waals surface area contributed by atoms with Crippen molar-refractivity contribution >= 4 is 39.9 Å². The molecule has 122 valence electrons. The third-order valence-corrected chi connectivity index (χ3v) is 3.40. The Bertz CT molecular complexity index is 631. The number of hydrogen-bond donors (Lipinski definition) is 2. The number of alkyl halides is 3. The molecule has 0 radical (unpaired) electrons. The SMILES string of the molecule is Cl.O=C(O)C(F)(F)F.c1cc(OC2CNC2)c2ncsc2c1. The lowest BCUT2D eigenvalue weighted by molar-refractivity contribution is -0.192. The Morgan fingerprint density at radius 3 is 2.55 bits per heavy atom. The summed E-state index contributed by atoms with van der Waals surface area (Å²) in [6.07, 6.45) is -4.76. The number of para-hydroxylation sites is 1. The Hall–Kier alpha value is -1.58. The van der Waals surface area contributed by atoms with Crippen LogP contribution in [-0.4, -0.2) is 41.4 Å². The smallest absolute Gasteiger partial charge is 0.485 e. The van der Waals surface area contributed by atoms with E-state index in [4.69, 9.17) is 14.6 Å². The molecular weight excluding hydrogens is 345 g/mol. The number of halogens is 4. The van der Waals surface area contributed by atoms with E-state index in [9.17, 15) is 13.2 Å². The molecule has 0 saturated carbocycles. The predicted molar refractivity (Wildman–Crippen MR) is 77.8 cm³/mol. The van der Waals surface area contributed by atoms with Gasteiger partial charge in [-0.3, -0.25) is 0 Å². The van der Waals surface area contributed by atoms with Crippen LogP contribution >= 0.6 is 23.7 Å². The quantitative estimate of drug-likeness (QED) is 0.865. The third kappa shape index (κ3) is 4.72. The molecule has 1 aromatic carbocycles. The van der Waals surface area contributed by atoms with Crippen LogP contribution in [0.15, 0.2) is 23.7 Å². The van der Waals surface area contributed by atoms with Crippen LogP contribution in [0.3, 0.4) is 0 Å². The summed E-state index contributed by atoms with van der Waals surface area (Å²) < 4.78 is 38.7. The zero-order valence-electron chi connectivity index (χ0n) is 11.0. The molecule has 22 heavy (non-hydrogen) atoms. The lowest BCUT2D eigenvalue weighted by Crippen LogP contribution is -2.50. The maximum Gasteiger partial charge on any atom is 0.490 e. The van der Waals surface area contributed by atoms with Gasteiger partial charge in [-0.25, -0.2) is 9.78 Å². The number of benzene rings is 1. The number of rotatable bonds is 2. The minimum absolute atomic E-state index is 0. The first-order valence-electron chi connectivity index (χ1n) is 5.87. The van der Waals surface area contributed by atoms with Crippen LogP contribution in [0.5, 0.6) is 5.75 Å². The average Bonchev–Trinajstić information content (AvgIpc) is 2.82. The Morgan fingerprint density at radius 2 is 2.05 bits per heavy atom. The van der Waals surface area contributed by atoms with Crippen molar-refractivity contribution < 1.29 is 27.8 Å². The Kier molecular flexibility index (Phi) is 6.39. The summed E-state index contributed by atoms with van der Waals surface area (Å²) in [7, 11) is 0. The molecule has 3 rings (SSSR count). The number of nitrogens with zero attached hydrogens (tertiary/aromatic N) is 1. The lowest BCUT2D eigenvalue weighted by Gasteiger charge is -2.27. The van der Waals surface area contributed by atoms with E-state index in [0.717, 1.165) is 24.4 Å². The fraction of sp³-hybridized carbons (Fsp3) is 0.333. The molecule has 2 aromatic rings. The largest absolute Gasteiger partial charge is 0.490 e. The van der Waals surface area contributed by atoms with Crippen molar-refractivity contribution in [1.82, 2.24) is 10.3 Å². The van der Waals surface area contributed by atoms with Gasteiger partial charge in [0.05, 0.1) is 10.2 Å². The van der Waals surface area contributed by atoms with Gasteiger partial charge in [-0.15, -0.1) is 23.7 Å². The molecular formula is C12H12ClF3N2O3S. The molecule has 1 aliphatic rings. The number of fused-ring (bicyclic) bond motifs is 1. The highest BCUT2D eigenvalue weighted by Crippen LogP contribution is 2.27. The van der Waals surface area contributed by atoms with Crippen LogP contribution in [0, 0.1) is 0 Å². The maximum absolute atomic E-state index is 10.6. The number of carboxylic acids is 1. The van der Waals surface area contributed by atoms with Crippen molar-refractivity contribution in [3.63, 3.8) is 0 Å². The number of aromatic nitrogens is 1. The van der Waals surface area contributed by atoms with Crippen LogP contribution in [0.2, 0.25) is 0 Å². The first-order chi connectivity index (χ1) is 9.88. The van der Waals surface area contributed by atoms with E-state index >= 15 is 0 Å². The molecule has 0 unspecified atom stereocenters. The second-order valence-corrected chi connectivity index (χ2v) is 5.04. The van der Waals surface area contributed by atoms with E-state index < -0.39 is 12.1 Å². The second kappa shape index (κ2) is 7.61. The number of ether oxygens (including phenoxy) is 1. The fourth-order valence-corrected chi connectivity index (χ4v) is 2.17. The zero-order chi connectivity index (χ0) is 15.5. The third-order valence-electron chi connectivity index (χ3n) is 2.60. The first-order valence-corrected chi connectivity index (χ1v) is 6.75. The first kappa shape index (κ1) is 18.5. The minimum Gasteiger partial charge on any atom is -0.485 e. The molecule has 0 spiro atoms. The molecule has 2 N–H and O–H groups in total. The number of carbonyl (C=O) groups is 1. The van der Waals surface area contributed by atoms with Gasteiger partial charge in [-0.05, 0) is 12.1 Å². The molecule has 0 amide bonds. The number of aliphatic carboxylic acids is 1. The van der Waals surface area contributed by atoms with Crippen molar-refractivity contribution in [3.05, 3.63) is 23.7 Å². The number of carboxylic acid groups (broad SMARTS) is 1. The van der Waals surface area contributed by atoms with Crippen LogP contribution in [0.25, 0.3) is 10.2 Å². The Balaban J connectivity index is 0.000000264. The molecule has 1 fully saturated rings. The van der Waals surface area contributed by atoms with Gasteiger partial charge in [0.25, 0.3) is 0 Å². The van der Waals surface area contributed by atoms with Crippen LogP contribution in [0.4, 0.5) is 13.2 Å². The predicted octanol–water partition coefficient (Wildman–Crippen LogP) is 2.70. The summed E-state index contributed by atoms with van der Waals surface area (Å²) in [5.41, 5.74) is 2.85. The van der Waals surface area contributed by atoms with E-state index in [1.807, 2.05) is 17.6 Å². The minimum atomic E-state index is -5.08. The van der Waals surface area contributed by atoms with Gasteiger partial charge in [-0.1, -0.05) is 6.07 Å². The summed E-state index contributed by atoms with van der Waals surface area (Å²) in [5.74, 6) is -1.84. The highest BCUT2D eigenvalue weighted by Gasteiger charge is 2.38. The molecule has 0 atom stereocenters. The zero-order valence-corrected chi connectivity index (χ0v) is 12.6. The molecule has 0 bridgehead atoms. The monoisotopic (exact) mass is 356 g/mol. The van der Waals surface area contributed by atoms with Crippen LogP contribution in [0.1, 0.15) is 0 Å². The molecule has 1 saturated heterocycles. The molecule has 2 heterocycles. The average molecular weight is 357 g/mol. The van der Waals surface area contributed by atoms with E-state index in [0.29, 0.717) is 6.10 Å². The van der Waals surface area contributed by atoms with Crippen molar-refractivity contribution in [2.75, 3.05) is 13.1 Å². The highest BCUT2D eigenvalue weighted by molar-refractivity contribution is 7.16. The molecule has 10 heteroatoms. The van der Waals surface area contributed by atoms with E-state index in [-0.39, 0.29) is 12.4 Å². The van der Waals surface area contributed by atoms with Crippen molar-refractivity contribution in [2.45, 2.75) is 12.3 Å². The van der Waals surface area contributed by atoms with Gasteiger partial charge in [0.1, 0.15) is 17.4 Å². The van der Waals surface area contributed by atoms with Gasteiger partial charge < -0.3 is 15.2 Å². The lowest BCUT2D eigenvalue weighted by atomic mass is 10.2. The van der Waals surface area contributed by atoms with Gasteiger partial charge >= 0.3 is 12.1 Å². The van der Waals surface area contributed by atoms with Gasteiger partial charge in [-0.2, -0.15) is 13.2 Å². The number of hydrogen-bond acceptors (Lipinski definition) is 5. The highest BCUT2D eigenvalue weighted by atomic mass is 35.5. The standard InChI is InChI=1S/C10H10N2OS.C2HF3O2.ClH/c1-2-8(13-7-4-11-5-7)10-9(3-1)14-6-12-10;3-2(4,5)1(6)7;/h1-3,6-7,11H,4-5H2;(H,6,7);1H. The molecule has 1 aromatic heterocycles. The Morgan fingerprint density at radius 1 is 1.41 bits per heavy atom. The van der Waals surface area contributed by atoms with E-state index in [1.54, 1.807) is 11.3 Å². The van der Waals surface area contributed by atoms with Gasteiger partial charge in [0, 0.05) is 13.1 Å². The van der Waals surface area contributed by atoms with Gasteiger partial charge in [0.2, 0.25) is 0 Å². The number of thiazole rings is 1. The Labute approximate surface area is 133 Å². The van der Waals surface area contributed by atoms with Crippen LogP contribution in [-0.2, 0) is 4.79 Å². The van der Waals surface area contributed by atoms with Crippen LogP contribution < -0.4 is 10.1 Å².